The van der Waals surface area contributed by atoms with Gasteiger partial charge in [-0.15, -0.1) is 0 Å². The number of carbonyl (C=O) groups is 3. The van der Waals surface area contributed by atoms with Crippen molar-refractivity contribution in [1.82, 2.24) is 10.2 Å². The SMILES string of the molecule is CC(C)C[C@H](NC(=O)[C@]1(CCCOS(C)(=O)=O)CCCN1C(=O)OC(C)(C)C)C(=O)OCc1ccccc1. The zero-order valence-corrected chi connectivity index (χ0v) is 24.1. The van der Waals surface area contributed by atoms with Crippen LogP contribution in [0.15, 0.2) is 30.3 Å². The summed E-state index contributed by atoms with van der Waals surface area (Å²) in [6.07, 6.45) is 1.89. The molecule has 0 aliphatic carbocycles. The molecule has 10 nitrogen and oxygen atoms in total. The van der Waals surface area contributed by atoms with Gasteiger partial charge in [0.15, 0.2) is 0 Å². The number of hydrogen-bond acceptors (Lipinski definition) is 8. The molecule has 1 aliphatic heterocycles. The molecule has 1 aromatic rings. The van der Waals surface area contributed by atoms with E-state index in [9.17, 15) is 22.8 Å². The van der Waals surface area contributed by atoms with Gasteiger partial charge < -0.3 is 14.8 Å². The molecule has 0 spiro atoms. The summed E-state index contributed by atoms with van der Waals surface area (Å²) in [5.41, 5.74) is -1.27. The molecule has 1 fully saturated rings. The van der Waals surface area contributed by atoms with Crippen molar-refractivity contribution >= 4 is 28.1 Å². The van der Waals surface area contributed by atoms with E-state index < -0.39 is 45.3 Å². The van der Waals surface area contributed by atoms with Crippen LogP contribution in [0.2, 0.25) is 0 Å². The van der Waals surface area contributed by atoms with Crippen molar-refractivity contribution < 1.29 is 36.5 Å². The normalized spacial score (nSPS) is 18.8. The molecular formula is C27H42N2O8S. The van der Waals surface area contributed by atoms with Crippen molar-refractivity contribution in [3.8, 4) is 0 Å². The minimum absolute atomic E-state index is 0.0716. The van der Waals surface area contributed by atoms with E-state index in [1.54, 1.807) is 20.8 Å². The Morgan fingerprint density at radius 2 is 1.79 bits per heavy atom. The van der Waals surface area contributed by atoms with Gasteiger partial charge in [-0.1, -0.05) is 44.2 Å². The van der Waals surface area contributed by atoms with E-state index in [4.69, 9.17) is 13.7 Å². The van der Waals surface area contributed by atoms with Crippen molar-refractivity contribution in [3.63, 3.8) is 0 Å². The highest BCUT2D eigenvalue weighted by molar-refractivity contribution is 7.85. The van der Waals surface area contributed by atoms with Crippen LogP contribution in [0.1, 0.15) is 72.3 Å². The maximum absolute atomic E-state index is 13.9. The van der Waals surface area contributed by atoms with E-state index in [0.717, 1.165) is 11.8 Å². The first-order valence-corrected chi connectivity index (χ1v) is 14.8. The Morgan fingerprint density at radius 3 is 2.37 bits per heavy atom. The summed E-state index contributed by atoms with van der Waals surface area (Å²) in [6.45, 7) is 9.32. The van der Waals surface area contributed by atoms with Gasteiger partial charge in [0.05, 0.1) is 12.9 Å². The molecule has 0 aromatic heterocycles. The van der Waals surface area contributed by atoms with E-state index in [2.05, 4.69) is 5.32 Å². The summed E-state index contributed by atoms with van der Waals surface area (Å²) in [4.78, 5) is 41.5. The van der Waals surface area contributed by atoms with Gasteiger partial charge in [-0.25, -0.2) is 9.59 Å². The van der Waals surface area contributed by atoms with Gasteiger partial charge in [-0.05, 0) is 64.4 Å². The largest absolute Gasteiger partial charge is 0.459 e. The van der Waals surface area contributed by atoms with Crippen molar-refractivity contribution in [2.75, 3.05) is 19.4 Å². The number of esters is 1. The first-order chi connectivity index (χ1) is 17.6. The Balaban J connectivity index is 2.26. The number of benzene rings is 1. The fraction of sp³-hybridized carbons (Fsp3) is 0.667. The minimum atomic E-state index is -3.65. The lowest BCUT2D eigenvalue weighted by molar-refractivity contribution is -0.151. The first-order valence-electron chi connectivity index (χ1n) is 13.0. The second-order valence-electron chi connectivity index (χ2n) is 11.1. The van der Waals surface area contributed by atoms with Gasteiger partial charge in [0.25, 0.3) is 10.1 Å². The molecular weight excluding hydrogens is 512 g/mol. The molecule has 1 aromatic carbocycles. The third-order valence-electron chi connectivity index (χ3n) is 6.08. The van der Waals surface area contributed by atoms with Crippen LogP contribution in [0.4, 0.5) is 4.79 Å². The Kier molecular flexibility index (Phi) is 11.1. The smallest absolute Gasteiger partial charge is 0.411 e. The Morgan fingerprint density at radius 1 is 1.13 bits per heavy atom. The summed E-state index contributed by atoms with van der Waals surface area (Å²) in [5.74, 6) is -0.981. The van der Waals surface area contributed by atoms with Crippen LogP contribution in [0.5, 0.6) is 0 Å². The van der Waals surface area contributed by atoms with Gasteiger partial charge in [0.1, 0.15) is 23.8 Å². The second kappa shape index (κ2) is 13.4. The summed E-state index contributed by atoms with van der Waals surface area (Å²) in [6, 6.07) is 8.32. The Bertz CT molecular complexity index is 1050. The van der Waals surface area contributed by atoms with Crippen LogP contribution >= 0.6 is 0 Å². The molecule has 1 heterocycles. The number of rotatable bonds is 12. The van der Waals surface area contributed by atoms with Gasteiger partial charge >= 0.3 is 12.1 Å². The standard InChI is InChI=1S/C27H42N2O8S/c1-20(2)18-22(23(30)35-19-21-12-8-7-9-13-21)28-24(31)27(15-11-17-36-38(6,33)34)14-10-16-29(27)25(32)37-26(3,4)5/h7-9,12-13,20,22H,10-11,14-19H2,1-6H3,(H,28,31)/t22-,27+/m0/s1. The summed E-state index contributed by atoms with van der Waals surface area (Å²) < 4.78 is 38.8. The van der Waals surface area contributed by atoms with E-state index in [1.165, 1.54) is 4.90 Å². The molecule has 0 bridgehead atoms. The molecule has 1 saturated heterocycles. The lowest BCUT2D eigenvalue weighted by atomic mass is 9.88. The van der Waals surface area contributed by atoms with Crippen molar-refractivity contribution in [1.29, 1.82) is 0 Å². The summed E-state index contributed by atoms with van der Waals surface area (Å²) in [5, 5.41) is 2.85. The lowest BCUT2D eigenvalue weighted by Crippen LogP contribution is -2.60. The lowest BCUT2D eigenvalue weighted by Gasteiger charge is -2.39. The summed E-state index contributed by atoms with van der Waals surface area (Å²) in [7, 11) is -3.65. The number of likely N-dealkylation sites (tertiary alicyclic amines) is 1. The zero-order valence-electron chi connectivity index (χ0n) is 23.3. The number of hydrogen-bond donors (Lipinski definition) is 1. The number of amides is 2. The van der Waals surface area contributed by atoms with Gasteiger partial charge in [-0.2, -0.15) is 8.42 Å². The maximum atomic E-state index is 13.9. The van der Waals surface area contributed by atoms with Crippen LogP contribution in [-0.4, -0.2) is 67.9 Å². The van der Waals surface area contributed by atoms with Crippen LogP contribution in [0.3, 0.4) is 0 Å². The fourth-order valence-corrected chi connectivity index (χ4v) is 4.87. The zero-order chi connectivity index (χ0) is 28.6. The Labute approximate surface area is 226 Å². The molecule has 1 aliphatic rings. The van der Waals surface area contributed by atoms with Crippen molar-refractivity contribution in [3.05, 3.63) is 35.9 Å². The number of nitrogens with one attached hydrogen (secondary N) is 1. The maximum Gasteiger partial charge on any atom is 0.411 e. The highest BCUT2D eigenvalue weighted by Gasteiger charge is 2.51. The third-order valence-corrected chi connectivity index (χ3v) is 6.67. The number of carbonyl (C=O) groups excluding carboxylic acids is 3. The van der Waals surface area contributed by atoms with Crippen LogP contribution in [0.25, 0.3) is 0 Å². The van der Waals surface area contributed by atoms with Crippen molar-refractivity contribution in [2.45, 2.75) is 90.5 Å². The molecule has 214 valence electrons. The molecule has 2 atom stereocenters. The van der Waals surface area contributed by atoms with Crippen LogP contribution in [0, 0.1) is 5.92 Å². The molecule has 38 heavy (non-hydrogen) atoms. The van der Waals surface area contributed by atoms with E-state index in [-0.39, 0.29) is 32.0 Å². The van der Waals surface area contributed by atoms with Gasteiger partial charge in [0.2, 0.25) is 5.91 Å². The van der Waals surface area contributed by atoms with E-state index in [0.29, 0.717) is 25.8 Å². The van der Waals surface area contributed by atoms with Crippen molar-refractivity contribution in [2.24, 2.45) is 5.92 Å². The second-order valence-corrected chi connectivity index (χ2v) is 12.8. The van der Waals surface area contributed by atoms with E-state index >= 15 is 0 Å². The predicted molar refractivity (Wildman–Crippen MR) is 143 cm³/mol. The molecule has 11 heteroatoms. The molecule has 0 saturated carbocycles. The van der Waals surface area contributed by atoms with Crippen LogP contribution < -0.4 is 5.32 Å². The quantitative estimate of drug-likeness (QED) is 0.235. The average Bonchev–Trinajstić information content (AvgIpc) is 3.24. The monoisotopic (exact) mass is 554 g/mol. The number of nitrogens with zero attached hydrogens (tertiary/aromatic N) is 1. The Hall–Kier alpha value is -2.66. The molecule has 1 N–H and O–H groups in total. The highest BCUT2D eigenvalue weighted by atomic mass is 32.2. The van der Waals surface area contributed by atoms with Gasteiger partial charge in [0, 0.05) is 6.54 Å². The topological polar surface area (TPSA) is 128 Å². The molecule has 0 radical (unpaired) electrons. The van der Waals surface area contributed by atoms with E-state index in [1.807, 2.05) is 44.2 Å². The minimum Gasteiger partial charge on any atom is -0.459 e. The first kappa shape index (κ1) is 31.6. The average molecular weight is 555 g/mol. The summed E-state index contributed by atoms with van der Waals surface area (Å²) >= 11 is 0. The molecule has 2 amide bonds. The molecule has 2 rings (SSSR count). The predicted octanol–water partition coefficient (Wildman–Crippen LogP) is 3.79. The third kappa shape index (κ3) is 9.90. The fourth-order valence-electron chi connectivity index (χ4n) is 4.45. The van der Waals surface area contributed by atoms with Gasteiger partial charge in [-0.3, -0.25) is 13.9 Å². The number of ether oxygens (including phenoxy) is 2. The molecule has 0 unspecified atom stereocenters. The van der Waals surface area contributed by atoms with Crippen LogP contribution in [-0.2, 0) is 40.0 Å². The highest BCUT2D eigenvalue weighted by Crippen LogP contribution is 2.36.